The van der Waals surface area contributed by atoms with Crippen LogP contribution in [0, 0.1) is 0 Å². The van der Waals surface area contributed by atoms with Crippen LogP contribution in [0.25, 0.3) is 0 Å². The van der Waals surface area contributed by atoms with E-state index in [2.05, 4.69) is 11.3 Å². The number of ether oxygens (including phenoxy) is 2. The molecule has 0 amide bonds. The fourth-order valence-corrected chi connectivity index (χ4v) is 0.645. The molecule has 0 rings (SSSR count). The molecule has 0 atom stereocenters. The molecular weight excluding hydrogens is 188 g/mol. The Morgan fingerprint density at radius 2 is 2.00 bits per heavy atom. The van der Waals surface area contributed by atoms with E-state index in [4.69, 9.17) is 9.84 Å². The maximum Gasteiger partial charge on any atom is 0.344 e. The summed E-state index contributed by atoms with van der Waals surface area (Å²) in [6.07, 6.45) is 0.548. The molecule has 0 aliphatic heterocycles. The standard InChI is InChI=1S/C9H14O5/c1-3-13-5-4-6-14-9(12)7(2)8(10)11/h2-6H2,1H3,(H,10,11). The molecule has 0 aromatic rings. The van der Waals surface area contributed by atoms with E-state index >= 15 is 0 Å². The summed E-state index contributed by atoms with van der Waals surface area (Å²) in [5.74, 6) is -2.26. The van der Waals surface area contributed by atoms with Crippen LogP contribution in [-0.2, 0) is 19.1 Å². The lowest BCUT2D eigenvalue weighted by Gasteiger charge is -2.04. The van der Waals surface area contributed by atoms with E-state index in [9.17, 15) is 9.59 Å². The van der Waals surface area contributed by atoms with E-state index in [0.29, 0.717) is 19.6 Å². The van der Waals surface area contributed by atoms with Gasteiger partial charge in [-0.25, -0.2) is 9.59 Å². The van der Waals surface area contributed by atoms with Crippen LogP contribution in [0.3, 0.4) is 0 Å². The molecule has 0 fully saturated rings. The first-order valence-electron chi connectivity index (χ1n) is 4.26. The van der Waals surface area contributed by atoms with Crippen molar-refractivity contribution in [3.8, 4) is 0 Å². The topological polar surface area (TPSA) is 72.8 Å². The molecule has 0 radical (unpaired) electrons. The number of hydrogen-bond acceptors (Lipinski definition) is 4. The first kappa shape index (κ1) is 12.6. The molecule has 0 aliphatic carbocycles. The Morgan fingerprint density at radius 1 is 1.36 bits per heavy atom. The first-order valence-corrected chi connectivity index (χ1v) is 4.26. The maximum absolute atomic E-state index is 10.9. The van der Waals surface area contributed by atoms with Gasteiger partial charge in [-0.1, -0.05) is 6.58 Å². The van der Waals surface area contributed by atoms with Gasteiger partial charge in [-0.3, -0.25) is 0 Å². The molecule has 0 aromatic heterocycles. The summed E-state index contributed by atoms with van der Waals surface area (Å²) in [4.78, 5) is 21.1. The monoisotopic (exact) mass is 202 g/mol. The average Bonchev–Trinajstić information content (AvgIpc) is 2.16. The minimum absolute atomic E-state index is 0.144. The van der Waals surface area contributed by atoms with Crippen molar-refractivity contribution in [3.05, 3.63) is 12.2 Å². The van der Waals surface area contributed by atoms with Crippen LogP contribution in [0.5, 0.6) is 0 Å². The third-order valence-electron chi connectivity index (χ3n) is 1.37. The Kier molecular flexibility index (Phi) is 6.39. The van der Waals surface area contributed by atoms with Gasteiger partial charge in [-0.15, -0.1) is 0 Å². The summed E-state index contributed by atoms with van der Waals surface area (Å²) in [5.41, 5.74) is -0.554. The number of hydrogen-bond donors (Lipinski definition) is 1. The van der Waals surface area contributed by atoms with Gasteiger partial charge in [0.05, 0.1) is 6.61 Å². The average molecular weight is 202 g/mol. The van der Waals surface area contributed by atoms with Crippen molar-refractivity contribution in [1.82, 2.24) is 0 Å². The van der Waals surface area contributed by atoms with Crippen molar-refractivity contribution in [3.63, 3.8) is 0 Å². The minimum Gasteiger partial charge on any atom is -0.477 e. The summed E-state index contributed by atoms with van der Waals surface area (Å²) in [5, 5.41) is 8.37. The van der Waals surface area contributed by atoms with Gasteiger partial charge in [-0.2, -0.15) is 0 Å². The number of carbonyl (C=O) groups excluding carboxylic acids is 1. The smallest absolute Gasteiger partial charge is 0.344 e. The van der Waals surface area contributed by atoms with E-state index < -0.39 is 17.5 Å². The Bertz CT molecular complexity index is 221. The second kappa shape index (κ2) is 7.08. The molecule has 14 heavy (non-hydrogen) atoms. The van der Waals surface area contributed by atoms with Crippen molar-refractivity contribution in [2.24, 2.45) is 0 Å². The van der Waals surface area contributed by atoms with Crippen LogP contribution in [0.15, 0.2) is 12.2 Å². The van der Waals surface area contributed by atoms with Crippen molar-refractivity contribution in [2.75, 3.05) is 19.8 Å². The molecule has 0 saturated heterocycles. The van der Waals surface area contributed by atoms with E-state index in [0.717, 1.165) is 0 Å². The number of rotatable bonds is 7. The van der Waals surface area contributed by atoms with Crippen LogP contribution in [-0.4, -0.2) is 36.9 Å². The summed E-state index contributed by atoms with van der Waals surface area (Å²) in [6, 6.07) is 0. The van der Waals surface area contributed by atoms with Crippen LogP contribution in [0.4, 0.5) is 0 Å². The molecular formula is C9H14O5. The van der Waals surface area contributed by atoms with Gasteiger partial charge in [0.2, 0.25) is 0 Å². The van der Waals surface area contributed by atoms with E-state index in [1.54, 1.807) is 0 Å². The second-order valence-electron chi connectivity index (χ2n) is 2.47. The lowest BCUT2D eigenvalue weighted by molar-refractivity contribution is -0.144. The molecule has 5 heteroatoms. The van der Waals surface area contributed by atoms with E-state index in [1.165, 1.54) is 0 Å². The van der Waals surface area contributed by atoms with Crippen LogP contribution >= 0.6 is 0 Å². The van der Waals surface area contributed by atoms with Crippen molar-refractivity contribution >= 4 is 11.9 Å². The molecule has 0 saturated carbocycles. The zero-order valence-corrected chi connectivity index (χ0v) is 8.12. The number of esters is 1. The molecule has 0 aromatic carbocycles. The quantitative estimate of drug-likeness (QED) is 0.215. The van der Waals surface area contributed by atoms with Gasteiger partial charge in [0.1, 0.15) is 5.57 Å². The summed E-state index contributed by atoms with van der Waals surface area (Å²) in [6.45, 7) is 6.16. The number of carbonyl (C=O) groups is 2. The van der Waals surface area contributed by atoms with Crippen molar-refractivity contribution in [2.45, 2.75) is 13.3 Å². The largest absolute Gasteiger partial charge is 0.477 e. The van der Waals surface area contributed by atoms with Gasteiger partial charge in [0.15, 0.2) is 0 Å². The molecule has 1 N–H and O–H groups in total. The van der Waals surface area contributed by atoms with Crippen LogP contribution < -0.4 is 0 Å². The Balaban J connectivity index is 3.54. The molecule has 0 bridgehead atoms. The highest BCUT2D eigenvalue weighted by molar-refractivity contribution is 6.12. The van der Waals surface area contributed by atoms with E-state index in [-0.39, 0.29) is 6.61 Å². The highest BCUT2D eigenvalue weighted by atomic mass is 16.5. The highest BCUT2D eigenvalue weighted by Crippen LogP contribution is 1.95. The van der Waals surface area contributed by atoms with Crippen LogP contribution in [0.2, 0.25) is 0 Å². The summed E-state index contributed by atoms with van der Waals surface area (Å²) in [7, 11) is 0. The first-order chi connectivity index (χ1) is 6.59. The lowest BCUT2D eigenvalue weighted by Crippen LogP contribution is -2.15. The second-order valence-corrected chi connectivity index (χ2v) is 2.47. The molecule has 0 heterocycles. The third kappa shape index (κ3) is 5.31. The summed E-state index contributed by atoms with van der Waals surface area (Å²) < 4.78 is 9.61. The van der Waals surface area contributed by atoms with Gasteiger partial charge in [-0.05, 0) is 6.92 Å². The van der Waals surface area contributed by atoms with Gasteiger partial charge in [0.25, 0.3) is 0 Å². The maximum atomic E-state index is 10.9. The minimum atomic E-state index is -1.36. The Hall–Kier alpha value is -1.36. The summed E-state index contributed by atoms with van der Waals surface area (Å²) >= 11 is 0. The van der Waals surface area contributed by atoms with Gasteiger partial charge in [0, 0.05) is 19.6 Å². The van der Waals surface area contributed by atoms with Gasteiger partial charge >= 0.3 is 11.9 Å². The normalized spacial score (nSPS) is 9.50. The molecule has 80 valence electrons. The Morgan fingerprint density at radius 3 is 2.50 bits per heavy atom. The zero-order chi connectivity index (χ0) is 11.0. The van der Waals surface area contributed by atoms with Crippen molar-refractivity contribution < 1.29 is 24.2 Å². The Labute approximate surface area is 82.3 Å². The molecule has 0 spiro atoms. The SMILES string of the molecule is C=C(C(=O)O)C(=O)OCCCOCC. The fraction of sp³-hybridized carbons (Fsp3) is 0.556. The predicted molar refractivity (Wildman–Crippen MR) is 48.8 cm³/mol. The molecule has 5 nitrogen and oxygen atoms in total. The molecule has 0 unspecified atom stereocenters. The number of aliphatic carboxylic acids is 1. The van der Waals surface area contributed by atoms with Crippen LogP contribution in [0.1, 0.15) is 13.3 Å². The number of carboxylic acids is 1. The predicted octanol–water partition coefficient (Wildman–Crippen LogP) is 0.597. The fourth-order valence-electron chi connectivity index (χ4n) is 0.645. The van der Waals surface area contributed by atoms with Gasteiger partial charge < -0.3 is 14.6 Å². The van der Waals surface area contributed by atoms with E-state index in [1.807, 2.05) is 6.92 Å². The highest BCUT2D eigenvalue weighted by Gasteiger charge is 2.15. The third-order valence-corrected chi connectivity index (χ3v) is 1.37. The zero-order valence-electron chi connectivity index (χ0n) is 8.12. The lowest BCUT2D eigenvalue weighted by atomic mass is 10.3. The van der Waals surface area contributed by atoms with Crippen molar-refractivity contribution in [1.29, 1.82) is 0 Å². The molecule has 0 aliphatic rings. The number of carboxylic acid groups (broad SMARTS) is 1.